The molecule has 0 saturated carbocycles. The molecule has 34 heavy (non-hydrogen) atoms. The summed E-state index contributed by atoms with van der Waals surface area (Å²) in [6.45, 7) is 0. The zero-order valence-corrected chi connectivity index (χ0v) is 17.5. The quantitative estimate of drug-likeness (QED) is 0.294. The zero-order valence-electron chi connectivity index (χ0n) is 17.5. The predicted molar refractivity (Wildman–Crippen MR) is 122 cm³/mol. The van der Waals surface area contributed by atoms with Crippen LogP contribution >= 0.6 is 0 Å². The molecule has 0 radical (unpaired) electrons. The highest BCUT2D eigenvalue weighted by atomic mass is 19.4. The van der Waals surface area contributed by atoms with Gasteiger partial charge >= 0.3 is 12.1 Å². The van der Waals surface area contributed by atoms with Crippen molar-refractivity contribution in [3.05, 3.63) is 109 Å². The molecule has 0 aliphatic rings. The Morgan fingerprint density at radius 2 is 1.44 bits per heavy atom. The predicted octanol–water partition coefficient (Wildman–Crippen LogP) is 6.89. The summed E-state index contributed by atoms with van der Waals surface area (Å²) in [4.78, 5) is 18.6. The first-order chi connectivity index (χ1) is 16.4. The number of rotatable bonds is 4. The second-order valence-electron chi connectivity index (χ2n) is 7.51. The van der Waals surface area contributed by atoms with Crippen LogP contribution in [-0.2, 0) is 6.18 Å². The van der Waals surface area contributed by atoms with Gasteiger partial charge in [-0.15, -0.1) is 0 Å². The Balaban J connectivity index is 1.51. The minimum Gasteiger partial charge on any atom is -0.329 e. The van der Waals surface area contributed by atoms with Crippen molar-refractivity contribution in [1.29, 1.82) is 0 Å². The number of carbonyl (C=O) groups excluding carboxylic acids is 1. The summed E-state index contributed by atoms with van der Waals surface area (Å²) in [7, 11) is 0. The van der Waals surface area contributed by atoms with Gasteiger partial charge < -0.3 is 4.52 Å². The van der Waals surface area contributed by atoms with Crippen LogP contribution in [0, 0.1) is 0 Å². The van der Waals surface area contributed by atoms with E-state index in [1.807, 2.05) is 72.8 Å². The lowest BCUT2D eigenvalue weighted by Crippen LogP contribution is -2.25. The van der Waals surface area contributed by atoms with Crippen molar-refractivity contribution in [1.82, 2.24) is 10.1 Å². The Morgan fingerprint density at radius 3 is 2.12 bits per heavy atom. The standard InChI is InChI=1S/C26H16F3N3O2/c27-26(28,29)25-30-23(31-34-25)18-10-12-19(13-11-18)24(33)32(21-8-2-1-3-9-21)22-15-14-17-6-4-5-7-20(17)16-22/h1-16H. The van der Waals surface area contributed by atoms with Crippen molar-refractivity contribution < 1.29 is 22.5 Å². The van der Waals surface area contributed by atoms with Gasteiger partial charge in [-0.05, 0) is 47.2 Å². The molecule has 1 heterocycles. The largest absolute Gasteiger partial charge is 0.471 e. The minimum absolute atomic E-state index is 0.208. The summed E-state index contributed by atoms with van der Waals surface area (Å²) in [5.41, 5.74) is 2.01. The van der Waals surface area contributed by atoms with Gasteiger partial charge in [0.1, 0.15) is 0 Å². The number of para-hydroxylation sites is 1. The van der Waals surface area contributed by atoms with E-state index in [4.69, 9.17) is 0 Å². The van der Waals surface area contributed by atoms with Gasteiger partial charge in [0.25, 0.3) is 5.91 Å². The molecule has 0 spiro atoms. The number of amides is 1. The number of hydrogen-bond donors (Lipinski definition) is 0. The van der Waals surface area contributed by atoms with Crippen molar-refractivity contribution in [3.8, 4) is 11.4 Å². The van der Waals surface area contributed by atoms with Crippen molar-refractivity contribution >= 4 is 28.1 Å². The first-order valence-corrected chi connectivity index (χ1v) is 10.3. The van der Waals surface area contributed by atoms with Crippen LogP contribution in [0.25, 0.3) is 22.2 Å². The molecule has 1 aromatic heterocycles. The first kappa shape index (κ1) is 21.4. The SMILES string of the molecule is O=C(c1ccc(-c2noc(C(F)(F)F)n2)cc1)N(c1ccccc1)c1ccc2ccccc2c1. The molecule has 0 aliphatic heterocycles. The number of carbonyl (C=O) groups is 1. The fraction of sp³-hybridized carbons (Fsp3) is 0.0385. The van der Waals surface area contributed by atoms with Crippen LogP contribution in [0.2, 0.25) is 0 Å². The lowest BCUT2D eigenvalue weighted by molar-refractivity contribution is -0.159. The molecule has 0 N–H and O–H groups in total. The van der Waals surface area contributed by atoms with Crippen LogP contribution in [0.3, 0.4) is 0 Å². The molecule has 5 rings (SSSR count). The molecular weight excluding hydrogens is 443 g/mol. The summed E-state index contributed by atoms with van der Waals surface area (Å²) in [5, 5.41) is 5.42. The Bertz CT molecular complexity index is 1460. The Morgan fingerprint density at radius 1 is 0.765 bits per heavy atom. The fourth-order valence-electron chi connectivity index (χ4n) is 3.62. The fourth-order valence-corrected chi connectivity index (χ4v) is 3.62. The molecular formula is C26H16F3N3O2. The van der Waals surface area contributed by atoms with E-state index in [2.05, 4.69) is 14.7 Å². The van der Waals surface area contributed by atoms with Crippen molar-refractivity contribution in [2.45, 2.75) is 6.18 Å². The van der Waals surface area contributed by atoms with Gasteiger partial charge in [-0.3, -0.25) is 9.69 Å². The molecule has 0 bridgehead atoms. The normalized spacial score (nSPS) is 11.5. The Kier molecular flexibility index (Phi) is 5.33. The number of alkyl halides is 3. The Labute approximate surface area is 192 Å². The number of nitrogens with zero attached hydrogens (tertiary/aromatic N) is 3. The van der Waals surface area contributed by atoms with Crippen LogP contribution in [-0.4, -0.2) is 16.0 Å². The monoisotopic (exact) mass is 459 g/mol. The van der Waals surface area contributed by atoms with E-state index in [-0.39, 0.29) is 11.7 Å². The van der Waals surface area contributed by atoms with E-state index in [0.717, 1.165) is 10.8 Å². The van der Waals surface area contributed by atoms with Gasteiger partial charge in [-0.2, -0.15) is 18.2 Å². The second-order valence-corrected chi connectivity index (χ2v) is 7.51. The van der Waals surface area contributed by atoms with E-state index in [9.17, 15) is 18.0 Å². The van der Waals surface area contributed by atoms with Crippen LogP contribution in [0.1, 0.15) is 16.2 Å². The molecule has 8 heteroatoms. The van der Waals surface area contributed by atoms with E-state index < -0.39 is 12.1 Å². The maximum absolute atomic E-state index is 13.6. The summed E-state index contributed by atoms with van der Waals surface area (Å²) >= 11 is 0. The van der Waals surface area contributed by atoms with Gasteiger partial charge in [0.05, 0.1) is 0 Å². The molecule has 0 fully saturated rings. The molecule has 5 aromatic rings. The van der Waals surface area contributed by atoms with Crippen molar-refractivity contribution in [2.75, 3.05) is 4.90 Å². The van der Waals surface area contributed by atoms with E-state index in [1.54, 1.807) is 4.90 Å². The first-order valence-electron chi connectivity index (χ1n) is 10.3. The third-order valence-electron chi connectivity index (χ3n) is 5.27. The maximum atomic E-state index is 13.6. The van der Waals surface area contributed by atoms with Gasteiger partial charge in [-0.25, -0.2) is 0 Å². The average Bonchev–Trinajstić information content (AvgIpc) is 3.36. The van der Waals surface area contributed by atoms with E-state index >= 15 is 0 Å². The van der Waals surface area contributed by atoms with Gasteiger partial charge in [0.2, 0.25) is 5.82 Å². The molecule has 0 unspecified atom stereocenters. The summed E-state index contributed by atoms with van der Waals surface area (Å²) < 4.78 is 42.5. The van der Waals surface area contributed by atoms with E-state index in [0.29, 0.717) is 22.5 Å². The van der Waals surface area contributed by atoms with Crippen molar-refractivity contribution in [3.63, 3.8) is 0 Å². The number of benzene rings is 4. The highest BCUT2D eigenvalue weighted by molar-refractivity contribution is 6.11. The van der Waals surface area contributed by atoms with Crippen molar-refractivity contribution in [2.24, 2.45) is 0 Å². The molecule has 1 amide bonds. The third kappa shape index (κ3) is 4.13. The second kappa shape index (κ2) is 8.47. The number of anilines is 2. The lowest BCUT2D eigenvalue weighted by Gasteiger charge is -2.23. The molecule has 0 saturated heterocycles. The van der Waals surface area contributed by atoms with Gasteiger partial charge in [0.15, 0.2) is 0 Å². The van der Waals surface area contributed by atoms with Crippen LogP contribution < -0.4 is 4.90 Å². The number of hydrogen-bond acceptors (Lipinski definition) is 4. The third-order valence-corrected chi connectivity index (χ3v) is 5.27. The van der Waals surface area contributed by atoms with Gasteiger partial charge in [-0.1, -0.05) is 65.8 Å². The average molecular weight is 459 g/mol. The van der Waals surface area contributed by atoms with Crippen LogP contribution in [0.5, 0.6) is 0 Å². The number of aromatic nitrogens is 2. The summed E-state index contributed by atoms with van der Waals surface area (Å²) in [5.74, 6) is -1.92. The van der Waals surface area contributed by atoms with Crippen LogP contribution in [0.15, 0.2) is 102 Å². The van der Waals surface area contributed by atoms with Gasteiger partial charge in [0, 0.05) is 22.5 Å². The molecule has 5 nitrogen and oxygen atoms in total. The summed E-state index contributed by atoms with van der Waals surface area (Å²) in [6, 6.07) is 28.9. The smallest absolute Gasteiger partial charge is 0.329 e. The van der Waals surface area contributed by atoms with E-state index in [1.165, 1.54) is 24.3 Å². The summed E-state index contributed by atoms with van der Waals surface area (Å²) in [6.07, 6.45) is -4.73. The number of fused-ring (bicyclic) bond motifs is 1. The van der Waals surface area contributed by atoms with Crippen LogP contribution in [0.4, 0.5) is 24.5 Å². The molecule has 168 valence electrons. The molecule has 4 aromatic carbocycles. The lowest BCUT2D eigenvalue weighted by atomic mass is 10.1. The molecule has 0 aliphatic carbocycles. The topological polar surface area (TPSA) is 59.2 Å². The minimum atomic E-state index is -4.73. The highest BCUT2D eigenvalue weighted by Crippen LogP contribution is 2.32. The number of halogens is 3. The highest BCUT2D eigenvalue weighted by Gasteiger charge is 2.38. The molecule has 0 atom stereocenters. The Hall–Kier alpha value is -4.46. The zero-order chi connectivity index (χ0) is 23.7. The maximum Gasteiger partial charge on any atom is 0.471 e.